The van der Waals surface area contributed by atoms with E-state index in [0.29, 0.717) is 6.61 Å². The Morgan fingerprint density at radius 3 is 2.81 bits per heavy atom. The van der Waals surface area contributed by atoms with Gasteiger partial charge in [-0.1, -0.05) is 11.6 Å². The van der Waals surface area contributed by atoms with Crippen molar-refractivity contribution in [2.45, 2.75) is 6.92 Å². The van der Waals surface area contributed by atoms with Gasteiger partial charge in [-0.25, -0.2) is 9.78 Å². The van der Waals surface area contributed by atoms with Crippen LogP contribution in [0.25, 0.3) is 0 Å². The lowest BCUT2D eigenvalue weighted by Gasteiger charge is -2.09. The molecule has 136 valence electrons. The molecular formula is C16H14ClN3O6. The fourth-order valence-corrected chi connectivity index (χ4v) is 2.12. The summed E-state index contributed by atoms with van der Waals surface area (Å²) >= 11 is 5.70. The van der Waals surface area contributed by atoms with E-state index >= 15 is 0 Å². The van der Waals surface area contributed by atoms with E-state index < -0.39 is 23.4 Å². The molecular weight excluding hydrogens is 366 g/mol. The minimum Gasteiger partial charge on any atom is -0.477 e. The zero-order valence-corrected chi connectivity index (χ0v) is 14.4. The van der Waals surface area contributed by atoms with Crippen LogP contribution in [0.15, 0.2) is 36.5 Å². The summed E-state index contributed by atoms with van der Waals surface area (Å²) in [5.41, 5.74) is -0.110. The SMILES string of the molecule is CCOc1ncccc1C(=O)OCC(=O)Nc1ccc(Cl)c([N+](=O)[O-])c1. The number of nitrogens with one attached hydrogen (secondary N) is 1. The summed E-state index contributed by atoms with van der Waals surface area (Å²) < 4.78 is 10.1. The molecule has 1 aromatic heterocycles. The molecule has 0 saturated carbocycles. The number of pyridine rings is 1. The number of aromatic nitrogens is 1. The molecule has 0 aliphatic rings. The normalized spacial score (nSPS) is 10.1. The monoisotopic (exact) mass is 379 g/mol. The zero-order chi connectivity index (χ0) is 19.1. The second kappa shape index (κ2) is 8.77. The van der Waals surface area contributed by atoms with Gasteiger partial charge in [0, 0.05) is 18.0 Å². The van der Waals surface area contributed by atoms with Crippen LogP contribution in [0, 0.1) is 10.1 Å². The molecule has 0 aliphatic heterocycles. The van der Waals surface area contributed by atoms with E-state index in [2.05, 4.69) is 10.3 Å². The van der Waals surface area contributed by atoms with E-state index in [4.69, 9.17) is 21.1 Å². The second-order valence-electron chi connectivity index (χ2n) is 4.84. The summed E-state index contributed by atoms with van der Waals surface area (Å²) in [5.74, 6) is -1.34. The highest BCUT2D eigenvalue weighted by Crippen LogP contribution is 2.27. The van der Waals surface area contributed by atoms with Crippen molar-refractivity contribution in [2.75, 3.05) is 18.5 Å². The lowest BCUT2D eigenvalue weighted by atomic mass is 10.2. The van der Waals surface area contributed by atoms with Crippen LogP contribution in [-0.2, 0) is 9.53 Å². The van der Waals surface area contributed by atoms with E-state index in [0.717, 1.165) is 6.07 Å². The minimum absolute atomic E-state index is 0.0561. The molecule has 0 aliphatic carbocycles. The van der Waals surface area contributed by atoms with Crippen molar-refractivity contribution in [1.82, 2.24) is 4.98 Å². The van der Waals surface area contributed by atoms with Crippen molar-refractivity contribution >= 4 is 34.9 Å². The van der Waals surface area contributed by atoms with Crippen LogP contribution in [0.3, 0.4) is 0 Å². The number of carbonyl (C=O) groups excluding carboxylic acids is 2. The standard InChI is InChI=1S/C16H14ClN3O6/c1-2-25-15-11(4-3-7-18-15)16(22)26-9-14(21)19-10-5-6-12(17)13(8-10)20(23)24/h3-8H,2,9H2,1H3,(H,19,21). The lowest BCUT2D eigenvalue weighted by Crippen LogP contribution is -2.21. The Hall–Kier alpha value is -3.20. The first kappa shape index (κ1) is 19.1. The quantitative estimate of drug-likeness (QED) is 0.446. The first-order valence-electron chi connectivity index (χ1n) is 7.41. The third-order valence-electron chi connectivity index (χ3n) is 3.03. The number of halogens is 1. The molecule has 0 atom stereocenters. The molecule has 0 spiro atoms. The summed E-state index contributed by atoms with van der Waals surface area (Å²) in [6.07, 6.45) is 1.46. The van der Waals surface area contributed by atoms with Crippen molar-refractivity contribution in [3.05, 3.63) is 57.2 Å². The number of esters is 1. The van der Waals surface area contributed by atoms with Crippen molar-refractivity contribution in [2.24, 2.45) is 0 Å². The second-order valence-corrected chi connectivity index (χ2v) is 5.24. The topological polar surface area (TPSA) is 121 Å². The first-order valence-corrected chi connectivity index (χ1v) is 7.79. The Balaban J connectivity index is 1.98. The maximum Gasteiger partial charge on any atom is 0.344 e. The smallest absolute Gasteiger partial charge is 0.344 e. The number of hydrogen-bond acceptors (Lipinski definition) is 7. The van der Waals surface area contributed by atoms with Crippen LogP contribution in [0.1, 0.15) is 17.3 Å². The summed E-state index contributed by atoms with van der Waals surface area (Å²) in [4.78, 5) is 38.0. The molecule has 26 heavy (non-hydrogen) atoms. The van der Waals surface area contributed by atoms with Crippen LogP contribution in [0.2, 0.25) is 5.02 Å². The van der Waals surface area contributed by atoms with E-state index in [1.807, 2.05) is 0 Å². The zero-order valence-electron chi connectivity index (χ0n) is 13.6. The molecule has 1 heterocycles. The van der Waals surface area contributed by atoms with E-state index in [1.165, 1.54) is 30.5 Å². The van der Waals surface area contributed by atoms with Gasteiger partial charge in [0.15, 0.2) is 6.61 Å². The first-order chi connectivity index (χ1) is 12.4. The predicted octanol–water partition coefficient (Wildman–Crippen LogP) is 2.84. The third kappa shape index (κ3) is 4.90. The van der Waals surface area contributed by atoms with Crippen molar-refractivity contribution < 1.29 is 24.0 Å². The fraction of sp³-hybridized carbons (Fsp3) is 0.188. The van der Waals surface area contributed by atoms with Gasteiger partial charge < -0.3 is 14.8 Å². The van der Waals surface area contributed by atoms with Crippen molar-refractivity contribution in [3.63, 3.8) is 0 Å². The van der Waals surface area contributed by atoms with Gasteiger partial charge in [0.1, 0.15) is 10.6 Å². The molecule has 2 rings (SSSR count). The summed E-state index contributed by atoms with van der Waals surface area (Å²) in [6.45, 7) is 1.46. The molecule has 9 nitrogen and oxygen atoms in total. The number of nitro benzene ring substituents is 1. The Kier molecular flexibility index (Phi) is 6.45. The number of amides is 1. The fourth-order valence-electron chi connectivity index (χ4n) is 1.93. The maximum absolute atomic E-state index is 12.1. The van der Waals surface area contributed by atoms with Crippen LogP contribution in [0.5, 0.6) is 5.88 Å². The molecule has 0 fully saturated rings. The van der Waals surface area contributed by atoms with E-state index in [9.17, 15) is 19.7 Å². The molecule has 1 N–H and O–H groups in total. The molecule has 0 saturated heterocycles. The van der Waals surface area contributed by atoms with Gasteiger partial charge >= 0.3 is 5.97 Å². The highest BCUT2D eigenvalue weighted by molar-refractivity contribution is 6.32. The third-order valence-corrected chi connectivity index (χ3v) is 3.35. The molecule has 0 bridgehead atoms. The number of rotatable bonds is 7. The molecule has 1 amide bonds. The van der Waals surface area contributed by atoms with Crippen LogP contribution < -0.4 is 10.1 Å². The maximum atomic E-state index is 12.1. The molecule has 1 aromatic carbocycles. The summed E-state index contributed by atoms with van der Waals surface area (Å²) in [6, 6.07) is 6.78. The predicted molar refractivity (Wildman–Crippen MR) is 92.4 cm³/mol. The average Bonchev–Trinajstić information content (AvgIpc) is 2.62. The Morgan fingerprint density at radius 1 is 1.35 bits per heavy atom. The Labute approximate surface area is 153 Å². The number of nitrogens with zero attached hydrogens (tertiary/aromatic N) is 2. The van der Waals surface area contributed by atoms with Gasteiger partial charge in [0.2, 0.25) is 5.88 Å². The van der Waals surface area contributed by atoms with Gasteiger partial charge in [0.05, 0.1) is 11.5 Å². The number of carbonyl (C=O) groups is 2. The Morgan fingerprint density at radius 2 is 2.12 bits per heavy atom. The highest BCUT2D eigenvalue weighted by Gasteiger charge is 2.17. The lowest BCUT2D eigenvalue weighted by molar-refractivity contribution is -0.384. The van der Waals surface area contributed by atoms with Crippen LogP contribution in [-0.4, -0.2) is 35.0 Å². The summed E-state index contributed by atoms with van der Waals surface area (Å²) in [7, 11) is 0. The van der Waals surface area contributed by atoms with Crippen molar-refractivity contribution in [3.8, 4) is 5.88 Å². The largest absolute Gasteiger partial charge is 0.477 e. The number of anilines is 1. The minimum atomic E-state index is -0.779. The molecule has 0 radical (unpaired) electrons. The van der Waals surface area contributed by atoms with Gasteiger partial charge in [-0.15, -0.1) is 0 Å². The highest BCUT2D eigenvalue weighted by atomic mass is 35.5. The van der Waals surface area contributed by atoms with Crippen LogP contribution >= 0.6 is 11.6 Å². The molecule has 0 unspecified atom stereocenters. The van der Waals surface area contributed by atoms with Gasteiger partial charge in [-0.2, -0.15) is 0 Å². The van der Waals surface area contributed by atoms with Gasteiger partial charge in [-0.05, 0) is 31.2 Å². The Bertz CT molecular complexity index is 842. The summed E-state index contributed by atoms with van der Waals surface area (Å²) in [5, 5.41) is 13.2. The van der Waals surface area contributed by atoms with Gasteiger partial charge in [0.25, 0.3) is 11.6 Å². The van der Waals surface area contributed by atoms with E-state index in [1.54, 1.807) is 6.92 Å². The number of nitro groups is 1. The average molecular weight is 380 g/mol. The molecule has 10 heteroatoms. The number of ether oxygens (including phenoxy) is 2. The van der Waals surface area contributed by atoms with Gasteiger partial charge in [-0.3, -0.25) is 14.9 Å². The molecule has 2 aromatic rings. The van der Waals surface area contributed by atoms with Crippen LogP contribution in [0.4, 0.5) is 11.4 Å². The van der Waals surface area contributed by atoms with Crippen molar-refractivity contribution in [1.29, 1.82) is 0 Å². The number of hydrogen-bond donors (Lipinski definition) is 1. The van der Waals surface area contributed by atoms with E-state index in [-0.39, 0.29) is 27.8 Å². The number of benzene rings is 1.